The highest BCUT2D eigenvalue weighted by Crippen LogP contribution is 2.40. The fourth-order valence-corrected chi connectivity index (χ4v) is 3.28. The maximum Gasteiger partial charge on any atom is 0.0634 e. The van der Waals surface area contributed by atoms with E-state index in [-0.39, 0.29) is 11.5 Å². The summed E-state index contributed by atoms with van der Waals surface area (Å²) < 4.78 is 0. The van der Waals surface area contributed by atoms with Gasteiger partial charge in [0.1, 0.15) is 0 Å². The summed E-state index contributed by atoms with van der Waals surface area (Å²) in [5.41, 5.74) is 2.32. The fourth-order valence-electron chi connectivity index (χ4n) is 2.97. The van der Waals surface area contributed by atoms with Crippen LogP contribution in [0.5, 0.6) is 0 Å². The molecule has 1 nitrogen and oxygen atoms in total. The largest absolute Gasteiger partial charge is 0.392 e. The first-order valence-corrected chi connectivity index (χ1v) is 7.32. The Morgan fingerprint density at radius 1 is 1.28 bits per heavy atom. The minimum absolute atomic E-state index is 0.0759. The van der Waals surface area contributed by atoms with Gasteiger partial charge in [0, 0.05) is 11.4 Å². The zero-order chi connectivity index (χ0) is 13.2. The number of benzene rings is 1. The van der Waals surface area contributed by atoms with Gasteiger partial charge in [-0.15, -0.1) is 0 Å². The van der Waals surface area contributed by atoms with Crippen molar-refractivity contribution in [2.45, 2.75) is 58.5 Å². The van der Waals surface area contributed by atoms with E-state index in [0.29, 0.717) is 6.42 Å². The molecular formula is C16H23ClO. The van der Waals surface area contributed by atoms with Crippen molar-refractivity contribution < 1.29 is 5.11 Å². The minimum atomic E-state index is -0.280. The number of aryl methyl sites for hydroxylation is 1. The van der Waals surface area contributed by atoms with Crippen molar-refractivity contribution in [1.29, 1.82) is 0 Å². The summed E-state index contributed by atoms with van der Waals surface area (Å²) in [4.78, 5) is 0. The van der Waals surface area contributed by atoms with Gasteiger partial charge in [-0.05, 0) is 42.4 Å². The average Bonchev–Trinajstić information content (AvgIpc) is 2.33. The van der Waals surface area contributed by atoms with Crippen LogP contribution in [-0.2, 0) is 6.42 Å². The van der Waals surface area contributed by atoms with E-state index in [9.17, 15) is 5.11 Å². The van der Waals surface area contributed by atoms with Gasteiger partial charge in [0.25, 0.3) is 0 Å². The van der Waals surface area contributed by atoms with Crippen LogP contribution in [0.1, 0.15) is 50.2 Å². The topological polar surface area (TPSA) is 20.2 Å². The summed E-state index contributed by atoms with van der Waals surface area (Å²) >= 11 is 6.25. The van der Waals surface area contributed by atoms with Crippen molar-refractivity contribution in [3.05, 3.63) is 34.3 Å². The highest BCUT2D eigenvalue weighted by atomic mass is 35.5. The molecule has 1 atom stereocenters. The number of halogens is 1. The van der Waals surface area contributed by atoms with Crippen molar-refractivity contribution >= 4 is 11.6 Å². The van der Waals surface area contributed by atoms with Crippen LogP contribution in [0.2, 0.25) is 5.02 Å². The molecule has 0 spiro atoms. The van der Waals surface area contributed by atoms with Gasteiger partial charge in [-0.1, -0.05) is 49.9 Å². The first-order chi connectivity index (χ1) is 8.51. The van der Waals surface area contributed by atoms with Gasteiger partial charge >= 0.3 is 0 Å². The Kier molecular flexibility index (Phi) is 4.34. The SMILES string of the molecule is Cc1ccc(CC(O)C2(C)CCCCC2)c(Cl)c1. The van der Waals surface area contributed by atoms with Crippen molar-refractivity contribution in [2.75, 3.05) is 0 Å². The normalized spacial score (nSPS) is 20.7. The molecule has 0 saturated heterocycles. The Balaban J connectivity index is 2.08. The molecule has 1 aromatic rings. The quantitative estimate of drug-likeness (QED) is 0.853. The first-order valence-electron chi connectivity index (χ1n) is 6.94. The van der Waals surface area contributed by atoms with Crippen LogP contribution >= 0.6 is 11.6 Å². The number of aliphatic hydroxyl groups excluding tert-OH is 1. The van der Waals surface area contributed by atoms with Gasteiger partial charge in [-0.2, -0.15) is 0 Å². The standard InChI is InChI=1S/C16H23ClO/c1-12-6-7-13(14(17)10-12)11-15(18)16(2)8-4-3-5-9-16/h6-7,10,15,18H,3-5,8-9,11H2,1-2H3. The van der Waals surface area contributed by atoms with Gasteiger partial charge in [-0.3, -0.25) is 0 Å². The smallest absolute Gasteiger partial charge is 0.0634 e. The summed E-state index contributed by atoms with van der Waals surface area (Å²) in [6.45, 7) is 4.26. The van der Waals surface area contributed by atoms with Crippen LogP contribution in [0, 0.1) is 12.3 Å². The molecule has 1 aromatic carbocycles. The molecule has 1 N–H and O–H groups in total. The predicted molar refractivity (Wildman–Crippen MR) is 77.1 cm³/mol. The van der Waals surface area contributed by atoms with Gasteiger partial charge < -0.3 is 5.11 Å². The monoisotopic (exact) mass is 266 g/mol. The van der Waals surface area contributed by atoms with Gasteiger partial charge in [-0.25, -0.2) is 0 Å². The molecule has 0 amide bonds. The van der Waals surface area contributed by atoms with E-state index in [0.717, 1.165) is 23.4 Å². The molecule has 1 aliphatic rings. The lowest BCUT2D eigenvalue weighted by Gasteiger charge is -2.38. The lowest BCUT2D eigenvalue weighted by atomic mass is 9.70. The second kappa shape index (κ2) is 5.63. The summed E-state index contributed by atoms with van der Waals surface area (Å²) in [5.74, 6) is 0. The van der Waals surface area contributed by atoms with E-state index >= 15 is 0 Å². The summed E-state index contributed by atoms with van der Waals surface area (Å²) in [6.07, 6.45) is 6.47. The third-order valence-electron chi connectivity index (χ3n) is 4.42. The molecular weight excluding hydrogens is 244 g/mol. The lowest BCUT2D eigenvalue weighted by molar-refractivity contribution is 0.0104. The van der Waals surface area contributed by atoms with Crippen LogP contribution < -0.4 is 0 Å². The van der Waals surface area contributed by atoms with Crippen LogP contribution in [0.25, 0.3) is 0 Å². The van der Waals surface area contributed by atoms with E-state index in [1.54, 1.807) is 0 Å². The summed E-state index contributed by atoms with van der Waals surface area (Å²) in [6, 6.07) is 6.09. The zero-order valence-electron chi connectivity index (χ0n) is 11.4. The number of rotatable bonds is 3. The highest BCUT2D eigenvalue weighted by Gasteiger charge is 2.34. The number of aliphatic hydroxyl groups is 1. The Morgan fingerprint density at radius 3 is 2.56 bits per heavy atom. The molecule has 100 valence electrons. The predicted octanol–water partition coefficient (Wildman–Crippen LogP) is 4.52. The molecule has 1 saturated carbocycles. The van der Waals surface area contributed by atoms with Crippen LogP contribution in [0.3, 0.4) is 0 Å². The maximum atomic E-state index is 10.5. The van der Waals surface area contributed by atoms with Crippen LogP contribution in [0.4, 0.5) is 0 Å². The molecule has 0 bridgehead atoms. The molecule has 18 heavy (non-hydrogen) atoms. The number of hydrogen-bond donors (Lipinski definition) is 1. The maximum absolute atomic E-state index is 10.5. The Hall–Kier alpha value is -0.530. The third-order valence-corrected chi connectivity index (χ3v) is 4.77. The van der Waals surface area contributed by atoms with Crippen molar-refractivity contribution in [3.63, 3.8) is 0 Å². The Bertz CT molecular complexity index is 408. The highest BCUT2D eigenvalue weighted by molar-refractivity contribution is 6.31. The lowest BCUT2D eigenvalue weighted by Crippen LogP contribution is -2.35. The molecule has 0 heterocycles. The Morgan fingerprint density at radius 2 is 1.94 bits per heavy atom. The third kappa shape index (κ3) is 3.07. The second-order valence-corrected chi connectivity index (χ2v) is 6.44. The molecule has 0 aromatic heterocycles. The van der Waals surface area contributed by atoms with Crippen LogP contribution in [0.15, 0.2) is 18.2 Å². The zero-order valence-corrected chi connectivity index (χ0v) is 12.1. The molecule has 2 rings (SSSR count). The molecule has 1 aliphatic carbocycles. The summed E-state index contributed by atoms with van der Waals surface area (Å²) in [7, 11) is 0. The van der Waals surface area contributed by atoms with E-state index in [4.69, 9.17) is 11.6 Å². The minimum Gasteiger partial charge on any atom is -0.392 e. The first kappa shape index (κ1) is 13.9. The van der Waals surface area contributed by atoms with E-state index in [1.807, 2.05) is 19.1 Å². The fraction of sp³-hybridized carbons (Fsp3) is 0.625. The van der Waals surface area contributed by atoms with Crippen LogP contribution in [-0.4, -0.2) is 11.2 Å². The molecule has 0 aliphatic heterocycles. The van der Waals surface area contributed by atoms with Crippen molar-refractivity contribution in [1.82, 2.24) is 0 Å². The average molecular weight is 267 g/mol. The molecule has 2 heteroatoms. The molecule has 0 radical (unpaired) electrons. The van der Waals surface area contributed by atoms with E-state index in [2.05, 4.69) is 13.0 Å². The van der Waals surface area contributed by atoms with E-state index < -0.39 is 0 Å². The summed E-state index contributed by atoms with van der Waals surface area (Å²) in [5, 5.41) is 11.3. The van der Waals surface area contributed by atoms with E-state index in [1.165, 1.54) is 24.8 Å². The molecule has 1 unspecified atom stereocenters. The molecule has 1 fully saturated rings. The van der Waals surface area contributed by atoms with Gasteiger partial charge in [0.05, 0.1) is 6.10 Å². The Labute approximate surface area is 115 Å². The van der Waals surface area contributed by atoms with Gasteiger partial charge in [0.2, 0.25) is 0 Å². The number of hydrogen-bond acceptors (Lipinski definition) is 1. The van der Waals surface area contributed by atoms with Crippen molar-refractivity contribution in [3.8, 4) is 0 Å². The van der Waals surface area contributed by atoms with Gasteiger partial charge in [0.15, 0.2) is 0 Å². The van der Waals surface area contributed by atoms with Crippen molar-refractivity contribution in [2.24, 2.45) is 5.41 Å². The second-order valence-electron chi connectivity index (χ2n) is 6.03.